The van der Waals surface area contributed by atoms with E-state index in [9.17, 15) is 14.4 Å². The summed E-state index contributed by atoms with van der Waals surface area (Å²) >= 11 is 0. The first kappa shape index (κ1) is 20.2. The van der Waals surface area contributed by atoms with Crippen molar-refractivity contribution in [1.82, 2.24) is 0 Å². The number of nitrogens with two attached hydrogens (primary N) is 1. The van der Waals surface area contributed by atoms with Crippen LogP contribution in [0.3, 0.4) is 0 Å². The fraction of sp³-hybridized carbons (Fsp3) is 0.435. The summed E-state index contributed by atoms with van der Waals surface area (Å²) in [6.07, 6.45) is 0.683. The lowest BCUT2D eigenvalue weighted by molar-refractivity contribution is -0.141. The quantitative estimate of drug-likeness (QED) is 0.770. The summed E-state index contributed by atoms with van der Waals surface area (Å²) in [5.41, 5.74) is 5.59. The van der Waals surface area contributed by atoms with E-state index in [0.717, 1.165) is 0 Å². The molecule has 0 saturated carbocycles. The number of esters is 1. The molecule has 0 unspecified atom stereocenters. The van der Waals surface area contributed by atoms with E-state index in [1.165, 1.54) is 0 Å². The van der Waals surface area contributed by atoms with Crippen molar-refractivity contribution in [2.75, 3.05) is 18.1 Å². The first-order valence-corrected chi connectivity index (χ1v) is 10.2. The highest BCUT2D eigenvalue weighted by molar-refractivity contribution is 6.23. The second kappa shape index (κ2) is 6.72. The molecule has 3 aliphatic rings. The molecule has 30 heavy (non-hydrogen) atoms. The molecule has 7 heteroatoms. The lowest BCUT2D eigenvalue weighted by Crippen LogP contribution is -2.52. The van der Waals surface area contributed by atoms with E-state index >= 15 is 0 Å². The number of carbonyl (C=O) groups is 3. The maximum absolute atomic E-state index is 14.0. The van der Waals surface area contributed by atoms with Crippen molar-refractivity contribution in [3.05, 3.63) is 52.6 Å². The number of amides is 1. The number of hydrogen-bond donors (Lipinski definition) is 1. The van der Waals surface area contributed by atoms with Gasteiger partial charge in [0.2, 0.25) is 11.8 Å². The largest absolute Gasteiger partial charge is 0.462 e. The second-order valence-corrected chi connectivity index (χ2v) is 8.62. The van der Waals surface area contributed by atoms with Gasteiger partial charge >= 0.3 is 5.97 Å². The molecule has 2 aliphatic heterocycles. The molecular formula is C23H26N2O5. The summed E-state index contributed by atoms with van der Waals surface area (Å²) in [6.45, 7) is 7.95. The Morgan fingerprint density at radius 3 is 2.57 bits per heavy atom. The van der Waals surface area contributed by atoms with Crippen LogP contribution in [0.25, 0.3) is 0 Å². The Balaban J connectivity index is 2.10. The highest BCUT2D eigenvalue weighted by Gasteiger charge is 2.64. The van der Waals surface area contributed by atoms with Crippen LogP contribution >= 0.6 is 0 Å². The molecule has 2 heterocycles. The van der Waals surface area contributed by atoms with E-state index in [-0.39, 0.29) is 47.2 Å². The topological polar surface area (TPSA) is 98.9 Å². The number of fused-ring (bicyclic) bond motifs is 3. The van der Waals surface area contributed by atoms with E-state index in [1.54, 1.807) is 24.0 Å². The van der Waals surface area contributed by atoms with Gasteiger partial charge in [-0.3, -0.25) is 9.59 Å². The lowest BCUT2D eigenvalue weighted by atomic mass is 9.62. The van der Waals surface area contributed by atoms with Gasteiger partial charge in [-0.25, -0.2) is 4.79 Å². The number of nitrogens with zero attached hydrogens (tertiary/aromatic N) is 1. The van der Waals surface area contributed by atoms with Gasteiger partial charge in [-0.05, 0) is 25.3 Å². The number of hydrogen-bond acceptors (Lipinski definition) is 6. The van der Waals surface area contributed by atoms with Crippen LogP contribution in [0.4, 0.5) is 5.69 Å². The molecule has 158 valence electrons. The van der Waals surface area contributed by atoms with Crippen molar-refractivity contribution in [3.63, 3.8) is 0 Å². The van der Waals surface area contributed by atoms with E-state index in [1.807, 2.05) is 32.9 Å². The number of allylic oxidation sites excluding steroid dienone is 1. The van der Waals surface area contributed by atoms with Gasteiger partial charge in [-0.15, -0.1) is 0 Å². The number of carbonyl (C=O) groups excluding carboxylic acids is 3. The van der Waals surface area contributed by atoms with Crippen LogP contribution in [-0.4, -0.2) is 30.8 Å². The first-order chi connectivity index (χ1) is 14.2. The van der Waals surface area contributed by atoms with E-state index in [4.69, 9.17) is 15.2 Å². The number of ketones is 1. The molecule has 1 aliphatic carbocycles. The van der Waals surface area contributed by atoms with Crippen LogP contribution < -0.4 is 10.6 Å². The molecule has 4 rings (SSSR count). The summed E-state index contributed by atoms with van der Waals surface area (Å²) in [5, 5.41) is 0. The smallest absolute Gasteiger partial charge is 0.341 e. The standard InChI is InChI=1S/C23H26N2O5/c1-5-25-14-10-8-7-9-13(14)23(21(25)28)17-15(26)11-22(3,4)12-16(17)30-19(24)18(23)20(27)29-6-2/h7-10H,5-6,11-12,24H2,1-4H3/t23-/m0/s1. The minimum atomic E-state index is -1.65. The number of ether oxygens (including phenoxy) is 2. The monoisotopic (exact) mass is 410 g/mol. The third-order valence-electron chi connectivity index (χ3n) is 6.03. The van der Waals surface area contributed by atoms with Crippen LogP contribution in [0.2, 0.25) is 0 Å². The summed E-state index contributed by atoms with van der Waals surface area (Å²) < 4.78 is 11.1. The highest BCUT2D eigenvalue weighted by atomic mass is 16.5. The number of likely N-dealkylation sites (N-methyl/N-ethyl adjacent to an activating group) is 1. The summed E-state index contributed by atoms with van der Waals surface area (Å²) in [7, 11) is 0. The van der Waals surface area contributed by atoms with E-state index in [0.29, 0.717) is 30.0 Å². The number of benzene rings is 1. The lowest BCUT2D eigenvalue weighted by Gasteiger charge is -2.42. The Hall–Kier alpha value is -3.09. The van der Waals surface area contributed by atoms with Gasteiger partial charge < -0.3 is 20.1 Å². The van der Waals surface area contributed by atoms with Crippen LogP contribution in [0, 0.1) is 5.41 Å². The summed E-state index contributed by atoms with van der Waals surface area (Å²) in [6, 6.07) is 7.21. The zero-order valence-electron chi connectivity index (χ0n) is 17.7. The molecule has 0 saturated heterocycles. The Bertz CT molecular complexity index is 1040. The van der Waals surface area contributed by atoms with Gasteiger partial charge in [-0.2, -0.15) is 0 Å². The Morgan fingerprint density at radius 1 is 1.20 bits per heavy atom. The molecule has 0 bridgehead atoms. The van der Waals surface area contributed by atoms with E-state index < -0.39 is 11.4 Å². The maximum Gasteiger partial charge on any atom is 0.341 e. The van der Waals surface area contributed by atoms with Crippen LogP contribution in [0.5, 0.6) is 0 Å². The van der Waals surface area contributed by atoms with Crippen molar-refractivity contribution >= 4 is 23.3 Å². The molecule has 1 aromatic carbocycles. The van der Waals surface area contributed by atoms with Crippen molar-refractivity contribution < 1.29 is 23.9 Å². The highest BCUT2D eigenvalue weighted by Crippen LogP contribution is 2.57. The van der Waals surface area contributed by atoms with Crippen molar-refractivity contribution in [2.45, 2.75) is 46.0 Å². The number of anilines is 1. The SMILES string of the molecule is CCOC(=O)C1=C(N)OC2=C(C(=O)CC(C)(C)C2)[C@]12C(=O)N(CC)c1ccccc12. The molecule has 0 aromatic heterocycles. The zero-order chi connectivity index (χ0) is 21.8. The van der Waals surface area contributed by atoms with Gasteiger partial charge in [-0.1, -0.05) is 32.0 Å². The van der Waals surface area contributed by atoms with Gasteiger partial charge in [0.05, 0.1) is 12.2 Å². The minimum Gasteiger partial charge on any atom is -0.462 e. The Morgan fingerprint density at radius 2 is 1.90 bits per heavy atom. The molecule has 1 spiro atoms. The third kappa shape index (κ3) is 2.54. The van der Waals surface area contributed by atoms with Crippen LogP contribution in [-0.2, 0) is 29.3 Å². The van der Waals surface area contributed by atoms with E-state index in [2.05, 4.69) is 0 Å². The van der Waals surface area contributed by atoms with Crippen LogP contribution in [0.15, 0.2) is 47.1 Å². The zero-order valence-corrected chi connectivity index (χ0v) is 17.7. The van der Waals surface area contributed by atoms with Crippen LogP contribution in [0.1, 0.15) is 46.1 Å². The minimum absolute atomic E-state index is 0.103. The predicted molar refractivity (Wildman–Crippen MR) is 110 cm³/mol. The molecule has 2 N–H and O–H groups in total. The normalized spacial score (nSPS) is 24.7. The second-order valence-electron chi connectivity index (χ2n) is 8.62. The number of rotatable bonds is 3. The summed E-state index contributed by atoms with van der Waals surface area (Å²) in [5.74, 6) is -1.15. The van der Waals surface area contributed by atoms with Gasteiger partial charge in [0.1, 0.15) is 16.7 Å². The molecule has 1 aromatic rings. The molecule has 0 fully saturated rings. The third-order valence-corrected chi connectivity index (χ3v) is 6.03. The number of para-hydroxylation sites is 1. The first-order valence-electron chi connectivity index (χ1n) is 10.2. The summed E-state index contributed by atoms with van der Waals surface area (Å²) in [4.78, 5) is 42.1. The molecule has 1 amide bonds. The van der Waals surface area contributed by atoms with Crippen molar-refractivity contribution in [3.8, 4) is 0 Å². The van der Waals surface area contributed by atoms with Gasteiger partial charge in [0, 0.05) is 30.6 Å². The van der Waals surface area contributed by atoms with Gasteiger partial charge in [0.15, 0.2) is 5.78 Å². The molecule has 0 radical (unpaired) electrons. The molecule has 7 nitrogen and oxygen atoms in total. The molecule has 1 atom stereocenters. The van der Waals surface area contributed by atoms with Crippen molar-refractivity contribution in [2.24, 2.45) is 11.1 Å². The maximum atomic E-state index is 14.0. The average Bonchev–Trinajstić information content (AvgIpc) is 2.89. The number of Topliss-reactive ketones (excluding diaryl/α,β-unsaturated/α-hetero) is 1. The fourth-order valence-corrected chi connectivity index (χ4v) is 4.97. The molecular weight excluding hydrogens is 384 g/mol. The average molecular weight is 410 g/mol. The van der Waals surface area contributed by atoms with Crippen molar-refractivity contribution in [1.29, 1.82) is 0 Å². The Kier molecular flexibility index (Phi) is 4.52. The fourth-order valence-electron chi connectivity index (χ4n) is 4.97. The Labute approximate surface area is 175 Å². The predicted octanol–water partition coefficient (Wildman–Crippen LogP) is 2.70. The van der Waals surface area contributed by atoms with Gasteiger partial charge in [0.25, 0.3) is 0 Å².